The molecule has 0 fully saturated rings. The summed E-state index contributed by atoms with van der Waals surface area (Å²) < 4.78 is 30.3. The van der Waals surface area contributed by atoms with Gasteiger partial charge in [0.2, 0.25) is 0 Å². The molecule has 11 nitrogen and oxygen atoms in total. The van der Waals surface area contributed by atoms with Crippen molar-refractivity contribution in [3.8, 4) is 0 Å². The minimum Gasteiger partial charge on any atom is -0.465 e. The first-order valence-corrected chi connectivity index (χ1v) is 11.0. The van der Waals surface area contributed by atoms with E-state index in [9.17, 15) is 19.2 Å². The lowest BCUT2D eigenvalue weighted by molar-refractivity contribution is 0.0142. The summed E-state index contributed by atoms with van der Waals surface area (Å²) in [6.45, 7) is -0.0489. The number of hydrogen-bond donors (Lipinski definition) is 1. The van der Waals surface area contributed by atoms with Crippen molar-refractivity contribution >= 4 is 23.9 Å². The average Bonchev–Trinajstić information content (AvgIpc) is 2.91. The summed E-state index contributed by atoms with van der Waals surface area (Å²) in [7, 11) is 1.22. The van der Waals surface area contributed by atoms with Crippen LogP contribution in [0, 0.1) is 0 Å². The third-order valence-electron chi connectivity index (χ3n) is 4.54. The van der Waals surface area contributed by atoms with E-state index in [2.05, 4.69) is 4.74 Å². The van der Waals surface area contributed by atoms with Crippen LogP contribution >= 0.6 is 0 Å². The fourth-order valence-electron chi connectivity index (χ4n) is 2.87. The molecule has 0 aliphatic carbocycles. The molecule has 0 unspecified atom stereocenters. The van der Waals surface area contributed by atoms with Gasteiger partial charge in [-0.1, -0.05) is 24.3 Å². The number of carbonyl (C=O) groups excluding carboxylic acids is 4. The van der Waals surface area contributed by atoms with Crippen molar-refractivity contribution in [1.82, 2.24) is 0 Å². The molecule has 2 rings (SSSR count). The third-order valence-corrected chi connectivity index (χ3v) is 4.54. The topological polar surface area (TPSA) is 144 Å². The van der Waals surface area contributed by atoms with Gasteiger partial charge in [-0.15, -0.1) is 0 Å². The lowest BCUT2D eigenvalue weighted by Gasteiger charge is -2.11. The van der Waals surface area contributed by atoms with Crippen LogP contribution in [0.5, 0.6) is 0 Å². The molecule has 11 heteroatoms. The Bertz CT molecular complexity index is 1020. The number of aliphatic hydroxyl groups excluding tert-OH is 1. The number of aliphatic hydroxyl groups is 1. The van der Waals surface area contributed by atoms with Gasteiger partial charge in [-0.25, -0.2) is 19.2 Å². The van der Waals surface area contributed by atoms with Crippen LogP contribution in [-0.2, 0) is 28.4 Å². The minimum atomic E-state index is -0.728. The maximum absolute atomic E-state index is 12.4. The Balaban J connectivity index is 1.71. The molecule has 0 aliphatic rings. The molecule has 0 radical (unpaired) electrons. The monoisotopic (exact) mass is 504 g/mol. The smallest absolute Gasteiger partial charge is 0.339 e. The maximum Gasteiger partial charge on any atom is 0.339 e. The molecule has 194 valence electrons. The van der Waals surface area contributed by atoms with Crippen LogP contribution in [0.15, 0.2) is 48.5 Å². The van der Waals surface area contributed by atoms with Crippen LogP contribution in [0.2, 0.25) is 0 Å². The van der Waals surface area contributed by atoms with Crippen molar-refractivity contribution in [2.45, 2.75) is 0 Å². The Kier molecular flexibility index (Phi) is 12.6. The van der Waals surface area contributed by atoms with Crippen LogP contribution in [-0.4, -0.2) is 88.9 Å². The third kappa shape index (κ3) is 9.10. The van der Waals surface area contributed by atoms with Crippen molar-refractivity contribution in [3.63, 3.8) is 0 Å². The molecule has 2 aromatic carbocycles. The second-order valence-corrected chi connectivity index (χ2v) is 6.94. The van der Waals surface area contributed by atoms with E-state index in [0.717, 1.165) is 0 Å². The summed E-state index contributed by atoms with van der Waals surface area (Å²) >= 11 is 0. The van der Waals surface area contributed by atoms with E-state index in [0.29, 0.717) is 0 Å². The van der Waals surface area contributed by atoms with Crippen LogP contribution in [0.25, 0.3) is 0 Å². The fraction of sp³-hybridized carbons (Fsp3) is 0.360. The van der Waals surface area contributed by atoms with Gasteiger partial charge in [0, 0.05) is 0 Å². The molecule has 36 heavy (non-hydrogen) atoms. The molecule has 2 aromatic rings. The molecular weight excluding hydrogens is 476 g/mol. The summed E-state index contributed by atoms with van der Waals surface area (Å²) in [6, 6.07) is 12.2. The number of hydrogen-bond acceptors (Lipinski definition) is 11. The summed E-state index contributed by atoms with van der Waals surface area (Å²) in [5, 5.41) is 8.65. The Morgan fingerprint density at radius 2 is 0.889 bits per heavy atom. The predicted octanol–water partition coefficient (Wildman–Crippen LogP) is 1.67. The Morgan fingerprint density at radius 3 is 1.22 bits per heavy atom. The van der Waals surface area contributed by atoms with Crippen LogP contribution in [0.4, 0.5) is 0 Å². The number of benzene rings is 2. The lowest BCUT2D eigenvalue weighted by Crippen LogP contribution is -2.18. The molecule has 0 aromatic heterocycles. The van der Waals surface area contributed by atoms with Crippen LogP contribution in [0.3, 0.4) is 0 Å². The van der Waals surface area contributed by atoms with Gasteiger partial charge in [0.1, 0.15) is 19.8 Å². The van der Waals surface area contributed by atoms with Gasteiger partial charge < -0.3 is 33.5 Å². The first-order valence-electron chi connectivity index (χ1n) is 11.0. The normalized spacial score (nSPS) is 10.4. The van der Waals surface area contributed by atoms with E-state index < -0.39 is 23.9 Å². The summed E-state index contributed by atoms with van der Waals surface area (Å²) in [5.74, 6) is -2.78. The van der Waals surface area contributed by atoms with Gasteiger partial charge >= 0.3 is 23.9 Å². The summed E-state index contributed by atoms with van der Waals surface area (Å²) in [6.07, 6.45) is 0. The lowest BCUT2D eigenvalue weighted by atomic mass is 10.1. The number of carbonyl (C=O) groups is 4. The maximum atomic E-state index is 12.4. The molecular formula is C25H28O11. The summed E-state index contributed by atoms with van der Waals surface area (Å²) in [4.78, 5) is 48.6. The average molecular weight is 504 g/mol. The molecule has 0 amide bonds. The van der Waals surface area contributed by atoms with Crippen molar-refractivity contribution in [1.29, 1.82) is 0 Å². The largest absolute Gasteiger partial charge is 0.465 e. The fourth-order valence-corrected chi connectivity index (χ4v) is 2.87. The standard InChI is InChI=1S/C25H28O11/c1-31-22(27)18-6-2-3-7-19(18)23(28)35-16-13-33-14-17-36-25(30)21-9-5-4-8-20(21)24(29)34-15-12-32-11-10-26/h2-9,26H,10-17H2,1H3. The van der Waals surface area contributed by atoms with E-state index in [1.807, 2.05) is 0 Å². The summed E-state index contributed by atoms with van der Waals surface area (Å²) in [5.41, 5.74) is 0.256. The zero-order valence-corrected chi connectivity index (χ0v) is 19.8. The first kappa shape index (κ1) is 28.4. The Hall–Kier alpha value is -3.80. The van der Waals surface area contributed by atoms with Crippen molar-refractivity contribution in [3.05, 3.63) is 70.8 Å². The number of methoxy groups -OCH3 is 1. The van der Waals surface area contributed by atoms with Crippen molar-refractivity contribution in [2.24, 2.45) is 0 Å². The second kappa shape index (κ2) is 16.0. The SMILES string of the molecule is COC(=O)c1ccccc1C(=O)OCCOCCOC(=O)c1ccccc1C(=O)OCCOCCO. The molecule has 0 atom stereocenters. The zero-order valence-electron chi connectivity index (χ0n) is 19.8. The minimum absolute atomic E-state index is 0.0247. The highest BCUT2D eigenvalue weighted by atomic mass is 16.6. The Labute approximate surface area is 207 Å². The van der Waals surface area contributed by atoms with Gasteiger partial charge in [0.15, 0.2) is 0 Å². The second-order valence-electron chi connectivity index (χ2n) is 6.94. The molecule has 0 spiro atoms. The van der Waals surface area contributed by atoms with E-state index in [-0.39, 0.29) is 75.1 Å². The highest BCUT2D eigenvalue weighted by Crippen LogP contribution is 2.13. The molecule has 0 saturated carbocycles. The van der Waals surface area contributed by atoms with Gasteiger partial charge in [-0.05, 0) is 24.3 Å². The number of ether oxygens (including phenoxy) is 6. The first-order chi connectivity index (χ1) is 17.5. The quantitative estimate of drug-likeness (QED) is 0.215. The van der Waals surface area contributed by atoms with Gasteiger partial charge in [0.05, 0.1) is 62.4 Å². The molecule has 0 heterocycles. The van der Waals surface area contributed by atoms with E-state index >= 15 is 0 Å². The van der Waals surface area contributed by atoms with E-state index in [4.69, 9.17) is 28.8 Å². The van der Waals surface area contributed by atoms with Gasteiger partial charge in [-0.3, -0.25) is 0 Å². The number of rotatable bonds is 15. The highest BCUT2D eigenvalue weighted by molar-refractivity contribution is 6.03. The van der Waals surface area contributed by atoms with Gasteiger partial charge in [0.25, 0.3) is 0 Å². The van der Waals surface area contributed by atoms with Crippen LogP contribution < -0.4 is 0 Å². The molecule has 0 bridgehead atoms. The van der Waals surface area contributed by atoms with Crippen molar-refractivity contribution < 1.29 is 52.7 Å². The van der Waals surface area contributed by atoms with Crippen LogP contribution in [0.1, 0.15) is 41.4 Å². The number of esters is 4. The van der Waals surface area contributed by atoms with Gasteiger partial charge in [-0.2, -0.15) is 0 Å². The van der Waals surface area contributed by atoms with E-state index in [1.54, 1.807) is 24.3 Å². The molecule has 1 N–H and O–H groups in total. The zero-order chi connectivity index (χ0) is 26.2. The predicted molar refractivity (Wildman–Crippen MR) is 124 cm³/mol. The molecule has 0 saturated heterocycles. The molecule has 0 aliphatic heterocycles. The van der Waals surface area contributed by atoms with E-state index in [1.165, 1.54) is 31.4 Å². The van der Waals surface area contributed by atoms with Crippen molar-refractivity contribution in [2.75, 3.05) is 60.0 Å². The highest BCUT2D eigenvalue weighted by Gasteiger charge is 2.19. The Morgan fingerprint density at radius 1 is 0.556 bits per heavy atom.